The van der Waals surface area contributed by atoms with E-state index < -0.39 is 5.97 Å². The minimum absolute atomic E-state index is 0.251. The predicted molar refractivity (Wildman–Crippen MR) is 102 cm³/mol. The van der Waals surface area contributed by atoms with Crippen molar-refractivity contribution in [1.82, 2.24) is 19.9 Å². The first-order valence-corrected chi connectivity index (χ1v) is 9.04. The number of imidazole rings is 1. The first-order valence-electron chi connectivity index (χ1n) is 8.25. The van der Waals surface area contributed by atoms with Gasteiger partial charge in [-0.05, 0) is 45.8 Å². The number of rotatable bonds is 7. The van der Waals surface area contributed by atoms with E-state index in [1.54, 1.807) is 30.5 Å². The fourth-order valence-corrected chi connectivity index (χ4v) is 3.09. The lowest BCUT2D eigenvalue weighted by molar-refractivity contribution is 0.0600. The molecule has 0 unspecified atom stereocenters. The number of esters is 1. The lowest BCUT2D eigenvalue weighted by atomic mass is 10.2. The van der Waals surface area contributed by atoms with Gasteiger partial charge in [-0.3, -0.25) is 0 Å². The van der Waals surface area contributed by atoms with Crippen LogP contribution < -0.4 is 5.32 Å². The van der Waals surface area contributed by atoms with E-state index in [1.807, 2.05) is 10.8 Å². The quantitative estimate of drug-likeness (QED) is 0.458. The first-order chi connectivity index (χ1) is 13.0. The van der Waals surface area contributed by atoms with Gasteiger partial charge in [-0.1, -0.05) is 12.1 Å². The summed E-state index contributed by atoms with van der Waals surface area (Å²) in [4.78, 5) is 20.4. The maximum absolute atomic E-state index is 13.0. The second-order valence-electron chi connectivity index (χ2n) is 5.86. The van der Waals surface area contributed by atoms with Crippen molar-refractivity contribution < 1.29 is 13.9 Å². The van der Waals surface area contributed by atoms with Gasteiger partial charge >= 0.3 is 5.97 Å². The van der Waals surface area contributed by atoms with Gasteiger partial charge in [0, 0.05) is 25.5 Å². The van der Waals surface area contributed by atoms with Gasteiger partial charge in [0.2, 0.25) is 0 Å². The number of carbonyl (C=O) groups excluding carboxylic acids is 1. The Bertz CT molecular complexity index is 928. The molecule has 140 valence electrons. The van der Waals surface area contributed by atoms with Crippen LogP contribution in [-0.4, -0.2) is 27.6 Å². The van der Waals surface area contributed by atoms with Crippen molar-refractivity contribution in [3.8, 4) is 0 Å². The third kappa shape index (κ3) is 5.21. The van der Waals surface area contributed by atoms with Crippen LogP contribution in [0.15, 0.2) is 53.4 Å². The van der Waals surface area contributed by atoms with E-state index in [9.17, 15) is 9.18 Å². The number of hydrogen-bond acceptors (Lipinski definition) is 5. The highest BCUT2D eigenvalue weighted by Crippen LogP contribution is 2.13. The third-order valence-electron chi connectivity index (χ3n) is 3.93. The second kappa shape index (κ2) is 8.88. The Morgan fingerprint density at radius 1 is 1.26 bits per heavy atom. The number of nitrogens with one attached hydrogen (secondary N) is 1. The molecule has 0 fully saturated rings. The number of aromatic nitrogens is 3. The molecule has 0 saturated carbocycles. The van der Waals surface area contributed by atoms with Crippen molar-refractivity contribution in [3.05, 3.63) is 81.9 Å². The van der Waals surface area contributed by atoms with E-state index >= 15 is 0 Å². The molecule has 1 N–H and O–H groups in total. The largest absolute Gasteiger partial charge is 0.465 e. The van der Waals surface area contributed by atoms with Gasteiger partial charge in [-0.2, -0.15) is 0 Å². The van der Waals surface area contributed by atoms with Crippen LogP contribution >= 0.6 is 15.9 Å². The monoisotopic (exact) mass is 432 g/mol. The molecule has 0 saturated heterocycles. The highest BCUT2D eigenvalue weighted by molar-refractivity contribution is 9.10. The molecule has 1 aromatic carbocycles. The van der Waals surface area contributed by atoms with Crippen molar-refractivity contribution in [3.63, 3.8) is 0 Å². The number of ether oxygens (including phenoxy) is 1. The summed E-state index contributed by atoms with van der Waals surface area (Å²) in [6, 6.07) is 9.71. The van der Waals surface area contributed by atoms with E-state index in [4.69, 9.17) is 4.74 Å². The lowest BCUT2D eigenvalue weighted by Crippen LogP contribution is -2.18. The Morgan fingerprint density at radius 3 is 2.78 bits per heavy atom. The summed E-state index contributed by atoms with van der Waals surface area (Å²) in [6.45, 7) is 1.60. The molecule has 6 nitrogen and oxygen atoms in total. The van der Waals surface area contributed by atoms with Gasteiger partial charge < -0.3 is 14.6 Å². The van der Waals surface area contributed by atoms with E-state index in [0.717, 1.165) is 11.4 Å². The number of carbonyl (C=O) groups is 1. The van der Waals surface area contributed by atoms with Crippen LogP contribution in [0.4, 0.5) is 4.39 Å². The molecule has 0 radical (unpaired) electrons. The van der Waals surface area contributed by atoms with Crippen molar-refractivity contribution in [2.75, 3.05) is 7.11 Å². The van der Waals surface area contributed by atoms with Crippen molar-refractivity contribution in [1.29, 1.82) is 0 Å². The van der Waals surface area contributed by atoms with E-state index in [1.165, 1.54) is 19.2 Å². The molecule has 0 atom stereocenters. The Balaban J connectivity index is 1.62. The fraction of sp³-hybridized carbons (Fsp3) is 0.211. The topological polar surface area (TPSA) is 69.0 Å². The normalized spacial score (nSPS) is 10.8. The average Bonchev–Trinajstić information content (AvgIpc) is 3.09. The number of halogens is 2. The number of nitrogens with zero attached hydrogens (tertiary/aromatic N) is 3. The molecule has 8 heteroatoms. The molecular weight excluding hydrogens is 415 g/mol. The summed E-state index contributed by atoms with van der Waals surface area (Å²) >= 11 is 3.31. The van der Waals surface area contributed by atoms with E-state index in [2.05, 4.69) is 31.2 Å². The fourth-order valence-electron chi connectivity index (χ4n) is 2.62. The summed E-state index contributed by atoms with van der Waals surface area (Å²) in [6.07, 6.45) is 3.61. The van der Waals surface area contributed by atoms with Crippen LogP contribution in [0.5, 0.6) is 0 Å². The number of methoxy groups -OCH3 is 1. The zero-order chi connectivity index (χ0) is 19.2. The van der Waals surface area contributed by atoms with E-state index in [0.29, 0.717) is 35.5 Å². The summed E-state index contributed by atoms with van der Waals surface area (Å²) in [5.74, 6) is 0.191. The Kier molecular flexibility index (Phi) is 6.31. The highest BCUT2D eigenvalue weighted by atomic mass is 79.9. The van der Waals surface area contributed by atoms with Crippen LogP contribution in [0.1, 0.15) is 27.4 Å². The predicted octanol–water partition coefficient (Wildman–Crippen LogP) is 3.30. The van der Waals surface area contributed by atoms with Gasteiger partial charge in [0.25, 0.3) is 0 Å². The number of hydrogen-bond donors (Lipinski definition) is 1. The molecule has 2 heterocycles. The first kappa shape index (κ1) is 19.2. The van der Waals surface area contributed by atoms with Crippen molar-refractivity contribution >= 4 is 21.9 Å². The second-order valence-corrected chi connectivity index (χ2v) is 6.68. The molecule has 27 heavy (non-hydrogen) atoms. The molecule has 2 aromatic heterocycles. The highest BCUT2D eigenvalue weighted by Gasteiger charge is 2.10. The molecule has 3 rings (SSSR count). The Hall–Kier alpha value is -2.58. The Morgan fingerprint density at radius 2 is 2.04 bits per heavy atom. The zero-order valence-corrected chi connectivity index (χ0v) is 16.2. The van der Waals surface area contributed by atoms with Crippen LogP contribution in [0, 0.1) is 5.82 Å². The minimum atomic E-state index is -0.408. The SMILES string of the molecule is COC(=O)c1cc(Br)nc(CNCc2nccn2Cc2ccc(F)cc2)c1. The van der Waals surface area contributed by atoms with Crippen LogP contribution in [0.25, 0.3) is 0 Å². The summed E-state index contributed by atoms with van der Waals surface area (Å²) in [7, 11) is 1.34. The van der Waals surface area contributed by atoms with Gasteiger partial charge in [0.05, 0.1) is 24.9 Å². The van der Waals surface area contributed by atoms with Crippen molar-refractivity contribution in [2.24, 2.45) is 0 Å². The number of pyridine rings is 1. The summed E-state index contributed by atoms with van der Waals surface area (Å²) in [5, 5.41) is 3.27. The summed E-state index contributed by atoms with van der Waals surface area (Å²) in [5.41, 5.74) is 2.14. The molecule has 0 bridgehead atoms. The maximum atomic E-state index is 13.0. The maximum Gasteiger partial charge on any atom is 0.338 e. The van der Waals surface area contributed by atoms with Crippen LogP contribution in [-0.2, 0) is 24.4 Å². The van der Waals surface area contributed by atoms with Crippen LogP contribution in [0.2, 0.25) is 0 Å². The minimum Gasteiger partial charge on any atom is -0.465 e. The van der Waals surface area contributed by atoms with Crippen LogP contribution in [0.3, 0.4) is 0 Å². The van der Waals surface area contributed by atoms with Gasteiger partial charge in [0.15, 0.2) is 0 Å². The number of benzene rings is 1. The van der Waals surface area contributed by atoms with Gasteiger partial charge in [-0.15, -0.1) is 0 Å². The van der Waals surface area contributed by atoms with Gasteiger partial charge in [-0.25, -0.2) is 19.2 Å². The molecule has 0 aliphatic heterocycles. The third-order valence-corrected chi connectivity index (χ3v) is 4.33. The van der Waals surface area contributed by atoms with Crippen molar-refractivity contribution in [2.45, 2.75) is 19.6 Å². The smallest absolute Gasteiger partial charge is 0.338 e. The molecule has 0 amide bonds. The molecule has 3 aromatic rings. The summed E-state index contributed by atoms with van der Waals surface area (Å²) < 4.78 is 20.3. The Labute approximate surface area is 164 Å². The zero-order valence-electron chi connectivity index (χ0n) is 14.7. The average molecular weight is 433 g/mol. The van der Waals surface area contributed by atoms with Gasteiger partial charge in [0.1, 0.15) is 16.2 Å². The molecular formula is C19H18BrFN4O2. The molecule has 0 aliphatic rings. The molecule has 0 aliphatic carbocycles. The van der Waals surface area contributed by atoms with E-state index in [-0.39, 0.29) is 5.82 Å². The lowest BCUT2D eigenvalue weighted by Gasteiger charge is -2.10. The standard InChI is InChI=1S/C19H18BrFN4O2/c1-27-19(26)14-8-16(24-17(20)9-14)10-22-11-18-23-6-7-25(18)12-13-2-4-15(21)5-3-13/h2-9,22H,10-12H2,1H3. The molecule has 0 spiro atoms.